The van der Waals surface area contributed by atoms with Crippen LogP contribution in [-0.2, 0) is 9.59 Å². The van der Waals surface area contributed by atoms with E-state index >= 15 is 0 Å². The van der Waals surface area contributed by atoms with E-state index in [0.717, 1.165) is 0 Å². The van der Waals surface area contributed by atoms with E-state index in [-0.39, 0.29) is 17.2 Å². The summed E-state index contributed by atoms with van der Waals surface area (Å²) in [5, 5.41) is 5.34. The van der Waals surface area contributed by atoms with Gasteiger partial charge in [-0.25, -0.2) is 0 Å². The molecule has 13 heavy (non-hydrogen) atoms. The predicted molar refractivity (Wildman–Crippen MR) is 49.0 cm³/mol. The summed E-state index contributed by atoms with van der Waals surface area (Å²) in [4.78, 5) is 22.7. The van der Waals surface area contributed by atoms with Gasteiger partial charge in [-0.3, -0.25) is 9.59 Å². The summed E-state index contributed by atoms with van der Waals surface area (Å²) in [5.74, 6) is -0.209. The molecule has 0 aromatic rings. The Morgan fingerprint density at radius 2 is 1.62 bits per heavy atom. The van der Waals surface area contributed by atoms with Crippen molar-refractivity contribution < 1.29 is 9.59 Å². The van der Waals surface area contributed by atoms with Crippen molar-refractivity contribution in [2.75, 3.05) is 0 Å². The molecular formula is C9H16N2O2. The molecule has 1 heterocycles. The number of carbonyl (C=O) groups is 2. The number of amides is 2. The van der Waals surface area contributed by atoms with Crippen LogP contribution in [-0.4, -0.2) is 23.9 Å². The lowest BCUT2D eigenvalue weighted by Gasteiger charge is -2.35. The second-order valence-corrected chi connectivity index (χ2v) is 4.54. The lowest BCUT2D eigenvalue weighted by molar-refractivity contribution is -0.138. The van der Waals surface area contributed by atoms with Crippen molar-refractivity contribution >= 4 is 11.8 Å². The molecule has 0 aromatic heterocycles. The van der Waals surface area contributed by atoms with Crippen molar-refractivity contribution in [1.82, 2.24) is 10.6 Å². The van der Waals surface area contributed by atoms with Crippen LogP contribution in [0.15, 0.2) is 0 Å². The van der Waals surface area contributed by atoms with Gasteiger partial charge in [0.15, 0.2) is 0 Å². The summed E-state index contributed by atoms with van der Waals surface area (Å²) in [7, 11) is 0. The van der Waals surface area contributed by atoms with Gasteiger partial charge in [0.2, 0.25) is 11.8 Å². The maximum atomic E-state index is 11.5. The minimum absolute atomic E-state index is 0.0976. The van der Waals surface area contributed by atoms with Crippen molar-refractivity contribution in [3.63, 3.8) is 0 Å². The average Bonchev–Trinajstić information content (AvgIpc) is 1.94. The summed E-state index contributed by atoms with van der Waals surface area (Å²) < 4.78 is 0. The quantitative estimate of drug-likeness (QED) is 0.558. The number of piperazine rings is 1. The molecule has 1 aliphatic heterocycles. The zero-order chi connectivity index (χ0) is 10.2. The molecule has 2 N–H and O–H groups in total. The third kappa shape index (κ3) is 1.99. The summed E-state index contributed by atoms with van der Waals surface area (Å²) in [6, 6.07) is -0.831. The number of carbonyl (C=O) groups excluding carboxylic acids is 2. The normalized spacial score (nSPS) is 29.5. The molecule has 1 rings (SSSR count). The van der Waals surface area contributed by atoms with Crippen LogP contribution in [0.1, 0.15) is 27.7 Å². The van der Waals surface area contributed by atoms with Crippen molar-refractivity contribution in [2.24, 2.45) is 5.41 Å². The Morgan fingerprint density at radius 3 is 2.08 bits per heavy atom. The molecule has 0 bridgehead atoms. The van der Waals surface area contributed by atoms with Gasteiger partial charge in [-0.1, -0.05) is 20.8 Å². The van der Waals surface area contributed by atoms with E-state index in [2.05, 4.69) is 10.6 Å². The van der Waals surface area contributed by atoms with Crippen molar-refractivity contribution in [2.45, 2.75) is 39.8 Å². The van der Waals surface area contributed by atoms with E-state index in [4.69, 9.17) is 0 Å². The van der Waals surface area contributed by atoms with Crippen LogP contribution in [0, 0.1) is 5.41 Å². The molecule has 0 aliphatic carbocycles. The summed E-state index contributed by atoms with van der Waals surface area (Å²) in [5.41, 5.74) is -0.236. The molecule has 1 fully saturated rings. The molecule has 0 spiro atoms. The maximum absolute atomic E-state index is 11.5. The van der Waals surface area contributed by atoms with Crippen LogP contribution >= 0.6 is 0 Å². The molecule has 0 saturated carbocycles. The fourth-order valence-electron chi connectivity index (χ4n) is 1.30. The molecule has 0 aromatic carbocycles. The molecule has 0 radical (unpaired) electrons. The third-order valence-corrected chi connectivity index (χ3v) is 2.17. The largest absolute Gasteiger partial charge is 0.343 e. The van der Waals surface area contributed by atoms with Gasteiger partial charge in [0.25, 0.3) is 0 Å². The molecule has 4 nitrogen and oxygen atoms in total. The predicted octanol–water partition coefficient (Wildman–Crippen LogP) is 0.0356. The Bertz CT molecular complexity index is 242. The third-order valence-electron chi connectivity index (χ3n) is 2.17. The van der Waals surface area contributed by atoms with Gasteiger partial charge in [0.1, 0.15) is 12.1 Å². The van der Waals surface area contributed by atoms with Crippen LogP contribution < -0.4 is 10.6 Å². The van der Waals surface area contributed by atoms with Gasteiger partial charge in [0, 0.05) is 0 Å². The zero-order valence-corrected chi connectivity index (χ0v) is 8.47. The number of nitrogens with one attached hydrogen (secondary N) is 2. The molecule has 2 atom stereocenters. The second kappa shape index (κ2) is 3.01. The van der Waals surface area contributed by atoms with Gasteiger partial charge in [-0.2, -0.15) is 0 Å². The highest BCUT2D eigenvalue weighted by molar-refractivity contribution is 5.97. The number of rotatable bonds is 0. The van der Waals surface area contributed by atoms with Crippen LogP contribution in [0.5, 0.6) is 0 Å². The molecule has 4 heteroatoms. The van der Waals surface area contributed by atoms with Gasteiger partial charge < -0.3 is 10.6 Å². The first-order valence-corrected chi connectivity index (χ1v) is 4.43. The monoisotopic (exact) mass is 184 g/mol. The van der Waals surface area contributed by atoms with Gasteiger partial charge in [-0.05, 0) is 12.3 Å². The minimum Gasteiger partial charge on any atom is -0.343 e. The Labute approximate surface area is 78.1 Å². The Kier molecular flexibility index (Phi) is 2.32. The number of hydrogen-bond acceptors (Lipinski definition) is 2. The molecule has 2 amide bonds. The summed E-state index contributed by atoms with van der Waals surface area (Å²) >= 11 is 0. The van der Waals surface area contributed by atoms with E-state index in [1.807, 2.05) is 20.8 Å². The molecule has 1 aliphatic rings. The van der Waals surface area contributed by atoms with E-state index < -0.39 is 12.1 Å². The fraction of sp³-hybridized carbons (Fsp3) is 0.778. The standard InChI is InChI=1S/C9H16N2O2/c1-5-7(12)11-6(8(13)10-5)9(2,3)4/h5-6H,1-4H3,(H,10,13)(H,11,12). The first-order valence-electron chi connectivity index (χ1n) is 4.43. The Hall–Kier alpha value is -1.06. The smallest absolute Gasteiger partial charge is 0.243 e. The van der Waals surface area contributed by atoms with E-state index in [9.17, 15) is 9.59 Å². The molecule has 74 valence electrons. The SMILES string of the molecule is CC1NC(=O)C(C(C)(C)C)NC1=O. The van der Waals surface area contributed by atoms with Crippen LogP contribution in [0.3, 0.4) is 0 Å². The molecular weight excluding hydrogens is 168 g/mol. The number of hydrogen-bond donors (Lipinski definition) is 2. The fourth-order valence-corrected chi connectivity index (χ4v) is 1.30. The average molecular weight is 184 g/mol. The highest BCUT2D eigenvalue weighted by atomic mass is 16.2. The van der Waals surface area contributed by atoms with Gasteiger partial charge in [0.05, 0.1) is 0 Å². The van der Waals surface area contributed by atoms with Crippen LogP contribution in [0.4, 0.5) is 0 Å². The highest BCUT2D eigenvalue weighted by Crippen LogP contribution is 2.21. The topological polar surface area (TPSA) is 58.2 Å². The lowest BCUT2D eigenvalue weighted by Crippen LogP contribution is -2.64. The Morgan fingerprint density at radius 1 is 1.08 bits per heavy atom. The highest BCUT2D eigenvalue weighted by Gasteiger charge is 2.38. The Balaban J connectivity index is 2.79. The molecule has 2 unspecified atom stereocenters. The van der Waals surface area contributed by atoms with E-state index in [1.165, 1.54) is 0 Å². The summed E-state index contributed by atoms with van der Waals surface area (Å²) in [6.45, 7) is 7.45. The van der Waals surface area contributed by atoms with Crippen LogP contribution in [0.25, 0.3) is 0 Å². The van der Waals surface area contributed by atoms with Crippen LogP contribution in [0.2, 0.25) is 0 Å². The lowest BCUT2D eigenvalue weighted by atomic mass is 9.85. The van der Waals surface area contributed by atoms with Gasteiger partial charge in [-0.15, -0.1) is 0 Å². The van der Waals surface area contributed by atoms with Crippen molar-refractivity contribution in [3.8, 4) is 0 Å². The van der Waals surface area contributed by atoms with Crippen molar-refractivity contribution in [1.29, 1.82) is 0 Å². The zero-order valence-electron chi connectivity index (χ0n) is 8.47. The minimum atomic E-state index is -0.420. The van der Waals surface area contributed by atoms with E-state index in [0.29, 0.717) is 0 Å². The second-order valence-electron chi connectivity index (χ2n) is 4.54. The molecule has 1 saturated heterocycles. The van der Waals surface area contributed by atoms with Crippen molar-refractivity contribution in [3.05, 3.63) is 0 Å². The summed E-state index contributed by atoms with van der Waals surface area (Å²) in [6.07, 6.45) is 0. The first kappa shape index (κ1) is 10.0. The first-order chi connectivity index (χ1) is 5.82. The maximum Gasteiger partial charge on any atom is 0.243 e. The van der Waals surface area contributed by atoms with Gasteiger partial charge >= 0.3 is 0 Å². The van der Waals surface area contributed by atoms with E-state index in [1.54, 1.807) is 6.92 Å².